The van der Waals surface area contributed by atoms with Crippen LogP contribution in [-0.4, -0.2) is 44.2 Å². The van der Waals surface area contributed by atoms with E-state index in [1.165, 1.54) is 11.1 Å². The molecule has 1 atom stereocenters. The summed E-state index contributed by atoms with van der Waals surface area (Å²) in [7, 11) is 3.28. The molecule has 1 aliphatic rings. The summed E-state index contributed by atoms with van der Waals surface area (Å²) in [5.41, 5.74) is 8.17. The third kappa shape index (κ3) is 3.67. The summed E-state index contributed by atoms with van der Waals surface area (Å²) in [6, 6.07) is 3.95. The molecule has 0 fully saturated rings. The van der Waals surface area contributed by atoms with Crippen molar-refractivity contribution >= 4 is 5.91 Å². The summed E-state index contributed by atoms with van der Waals surface area (Å²) >= 11 is 0. The lowest BCUT2D eigenvalue weighted by Crippen LogP contribution is -2.36. The summed E-state index contributed by atoms with van der Waals surface area (Å²) in [5, 5.41) is 0. The van der Waals surface area contributed by atoms with Crippen molar-refractivity contribution < 1.29 is 14.3 Å². The molecule has 0 bridgehead atoms. The number of carbonyl (C=O) groups is 1. The van der Waals surface area contributed by atoms with E-state index in [2.05, 4.69) is 0 Å². The number of carbonyl (C=O) groups excluding carboxylic acids is 1. The molecule has 0 aromatic heterocycles. The van der Waals surface area contributed by atoms with Crippen LogP contribution in [0, 0.1) is 0 Å². The molecule has 1 heterocycles. The number of benzene rings is 1. The highest BCUT2D eigenvalue weighted by atomic mass is 16.5. The number of rotatable bonds is 4. The average molecular weight is 292 g/mol. The third-order valence-electron chi connectivity index (χ3n) is 3.86. The van der Waals surface area contributed by atoms with Gasteiger partial charge in [-0.2, -0.15) is 0 Å². The lowest BCUT2D eigenvalue weighted by Gasteiger charge is -2.21. The largest absolute Gasteiger partial charge is 0.493 e. The fraction of sp³-hybridized carbons (Fsp3) is 0.562. The molecule has 1 aromatic carbocycles. The van der Waals surface area contributed by atoms with Gasteiger partial charge >= 0.3 is 0 Å². The van der Waals surface area contributed by atoms with Gasteiger partial charge in [0.25, 0.3) is 0 Å². The van der Waals surface area contributed by atoms with Crippen LogP contribution in [0.5, 0.6) is 11.5 Å². The maximum atomic E-state index is 12.2. The fourth-order valence-electron chi connectivity index (χ4n) is 2.71. The van der Waals surface area contributed by atoms with Gasteiger partial charge < -0.3 is 20.1 Å². The summed E-state index contributed by atoms with van der Waals surface area (Å²) < 4.78 is 10.7. The maximum Gasteiger partial charge on any atom is 0.224 e. The number of hydrogen-bond donors (Lipinski definition) is 1. The lowest BCUT2D eigenvalue weighted by molar-refractivity contribution is -0.131. The van der Waals surface area contributed by atoms with E-state index in [0.717, 1.165) is 37.4 Å². The van der Waals surface area contributed by atoms with Gasteiger partial charge in [0.1, 0.15) is 0 Å². The smallest absolute Gasteiger partial charge is 0.224 e. The molecule has 0 spiro atoms. The number of fused-ring (bicyclic) bond motifs is 1. The second-order valence-electron chi connectivity index (χ2n) is 5.54. The van der Waals surface area contributed by atoms with Gasteiger partial charge in [-0.25, -0.2) is 0 Å². The summed E-state index contributed by atoms with van der Waals surface area (Å²) in [6.45, 7) is 3.32. The van der Waals surface area contributed by atoms with Crippen molar-refractivity contribution in [3.63, 3.8) is 0 Å². The highest BCUT2D eigenvalue weighted by Gasteiger charge is 2.21. The third-order valence-corrected chi connectivity index (χ3v) is 3.86. The first-order chi connectivity index (χ1) is 10.0. The number of nitrogens with two attached hydrogens (primary N) is 1. The van der Waals surface area contributed by atoms with E-state index < -0.39 is 0 Å². The molecule has 2 N–H and O–H groups in total. The maximum absolute atomic E-state index is 12.2. The molecule has 21 heavy (non-hydrogen) atoms. The van der Waals surface area contributed by atoms with E-state index in [1.807, 2.05) is 24.0 Å². The molecule has 5 nitrogen and oxygen atoms in total. The second-order valence-corrected chi connectivity index (χ2v) is 5.54. The molecular formula is C16H24N2O3. The molecular weight excluding hydrogens is 268 g/mol. The monoisotopic (exact) mass is 292 g/mol. The molecule has 1 aromatic rings. The van der Waals surface area contributed by atoms with Crippen molar-refractivity contribution in [1.29, 1.82) is 0 Å². The SMILES string of the molecule is COc1cc2c(cc1OC)CCN(C(=O)CC(C)N)CC2. The van der Waals surface area contributed by atoms with E-state index in [9.17, 15) is 4.79 Å². The number of amides is 1. The fourth-order valence-corrected chi connectivity index (χ4v) is 2.71. The van der Waals surface area contributed by atoms with Crippen LogP contribution in [-0.2, 0) is 17.6 Å². The summed E-state index contributed by atoms with van der Waals surface area (Å²) in [5.74, 6) is 1.62. The topological polar surface area (TPSA) is 64.8 Å². The van der Waals surface area contributed by atoms with Crippen LogP contribution in [0.15, 0.2) is 12.1 Å². The zero-order chi connectivity index (χ0) is 15.4. The molecule has 0 saturated carbocycles. The van der Waals surface area contributed by atoms with Crippen molar-refractivity contribution in [2.45, 2.75) is 32.2 Å². The molecule has 1 amide bonds. The van der Waals surface area contributed by atoms with Crippen LogP contribution in [0.2, 0.25) is 0 Å². The first-order valence-electron chi connectivity index (χ1n) is 7.32. The van der Waals surface area contributed by atoms with Gasteiger partial charge in [-0.15, -0.1) is 0 Å². The molecule has 0 aliphatic carbocycles. The normalized spacial score (nSPS) is 15.9. The first-order valence-corrected chi connectivity index (χ1v) is 7.32. The Balaban J connectivity index is 2.15. The average Bonchev–Trinajstić information content (AvgIpc) is 2.66. The van der Waals surface area contributed by atoms with Crippen LogP contribution in [0.1, 0.15) is 24.5 Å². The minimum atomic E-state index is -0.0942. The Kier molecular flexibility index (Phi) is 5.07. The Labute approximate surface area is 126 Å². The molecule has 5 heteroatoms. The van der Waals surface area contributed by atoms with Gasteiger partial charge in [0.05, 0.1) is 14.2 Å². The molecule has 1 aliphatic heterocycles. The number of methoxy groups -OCH3 is 2. The predicted octanol–water partition coefficient (Wildman–Crippen LogP) is 1.37. The Bertz CT molecular complexity index is 479. The van der Waals surface area contributed by atoms with E-state index in [4.69, 9.17) is 15.2 Å². The Hall–Kier alpha value is -1.75. The van der Waals surface area contributed by atoms with Gasteiger partial charge in [-0.05, 0) is 43.0 Å². The van der Waals surface area contributed by atoms with Gasteiger partial charge in [0, 0.05) is 25.6 Å². The highest BCUT2D eigenvalue weighted by molar-refractivity contribution is 5.77. The minimum absolute atomic E-state index is 0.0942. The Morgan fingerprint density at radius 2 is 1.67 bits per heavy atom. The zero-order valence-electron chi connectivity index (χ0n) is 13.0. The van der Waals surface area contributed by atoms with Crippen LogP contribution in [0.4, 0.5) is 0 Å². The minimum Gasteiger partial charge on any atom is -0.493 e. The number of ether oxygens (including phenoxy) is 2. The van der Waals surface area contributed by atoms with Crippen LogP contribution in [0.3, 0.4) is 0 Å². The van der Waals surface area contributed by atoms with E-state index >= 15 is 0 Å². The van der Waals surface area contributed by atoms with Crippen molar-refractivity contribution in [2.24, 2.45) is 5.73 Å². The molecule has 1 unspecified atom stereocenters. The molecule has 116 valence electrons. The van der Waals surface area contributed by atoms with Crippen LogP contribution >= 0.6 is 0 Å². The number of hydrogen-bond acceptors (Lipinski definition) is 4. The van der Waals surface area contributed by atoms with Crippen molar-refractivity contribution in [2.75, 3.05) is 27.3 Å². The van der Waals surface area contributed by atoms with Crippen molar-refractivity contribution in [1.82, 2.24) is 4.90 Å². The quantitative estimate of drug-likeness (QED) is 0.910. The summed E-state index contributed by atoms with van der Waals surface area (Å²) in [4.78, 5) is 14.1. The molecule has 2 rings (SSSR count). The second kappa shape index (κ2) is 6.80. The van der Waals surface area contributed by atoms with E-state index in [-0.39, 0.29) is 11.9 Å². The van der Waals surface area contributed by atoms with Gasteiger partial charge in [0.15, 0.2) is 11.5 Å². The Morgan fingerprint density at radius 3 is 2.05 bits per heavy atom. The standard InChI is InChI=1S/C16H24N2O3/c1-11(17)8-16(19)18-6-4-12-9-14(20-2)15(21-3)10-13(12)5-7-18/h9-11H,4-8,17H2,1-3H3. The van der Waals surface area contributed by atoms with Gasteiger partial charge in [-0.1, -0.05) is 0 Å². The van der Waals surface area contributed by atoms with Gasteiger partial charge in [0.2, 0.25) is 5.91 Å². The number of nitrogens with zero attached hydrogens (tertiary/aromatic N) is 1. The van der Waals surface area contributed by atoms with Crippen LogP contribution in [0.25, 0.3) is 0 Å². The Morgan fingerprint density at radius 1 is 1.19 bits per heavy atom. The summed E-state index contributed by atoms with van der Waals surface area (Å²) in [6.07, 6.45) is 2.07. The zero-order valence-corrected chi connectivity index (χ0v) is 13.0. The highest BCUT2D eigenvalue weighted by Crippen LogP contribution is 2.32. The van der Waals surface area contributed by atoms with E-state index in [1.54, 1.807) is 14.2 Å². The van der Waals surface area contributed by atoms with Crippen molar-refractivity contribution in [3.8, 4) is 11.5 Å². The molecule has 0 saturated heterocycles. The van der Waals surface area contributed by atoms with Crippen molar-refractivity contribution in [3.05, 3.63) is 23.3 Å². The predicted molar refractivity (Wildman–Crippen MR) is 81.8 cm³/mol. The van der Waals surface area contributed by atoms with Gasteiger partial charge in [-0.3, -0.25) is 4.79 Å². The van der Waals surface area contributed by atoms with E-state index in [0.29, 0.717) is 6.42 Å². The lowest BCUT2D eigenvalue weighted by atomic mass is 10.0. The molecule has 0 radical (unpaired) electrons. The van der Waals surface area contributed by atoms with Crippen LogP contribution < -0.4 is 15.2 Å². The first kappa shape index (κ1) is 15.6.